The van der Waals surface area contributed by atoms with E-state index in [1.165, 1.54) is 11.6 Å². The molecule has 5 heteroatoms. The summed E-state index contributed by atoms with van der Waals surface area (Å²) in [7, 11) is 4.11. The number of halogens is 2. The standard InChI is InChI=1S/C18H24Cl2N2O/c1-21(2)17-13-14(20)7-6-10-16(17)22(18(23)11-12-19)15-8-4-3-5-9-15/h3-5,8-9,11-12,14,16-17H,6-7,10,13H2,1-2H3/t14?,16-,17-/m1/s1. The molecule has 23 heavy (non-hydrogen) atoms. The maximum atomic E-state index is 12.7. The fourth-order valence-corrected chi connectivity index (χ4v) is 3.78. The smallest absolute Gasteiger partial charge is 0.252 e. The van der Waals surface area contributed by atoms with Crippen molar-refractivity contribution in [2.45, 2.75) is 43.1 Å². The van der Waals surface area contributed by atoms with Gasteiger partial charge in [0.25, 0.3) is 5.91 Å². The van der Waals surface area contributed by atoms with Gasteiger partial charge in [-0.15, -0.1) is 11.6 Å². The molecule has 0 bridgehead atoms. The highest BCUT2D eigenvalue weighted by molar-refractivity contribution is 6.27. The molecule has 0 aromatic heterocycles. The summed E-state index contributed by atoms with van der Waals surface area (Å²) in [5.74, 6) is -0.0870. The third-order valence-electron chi connectivity index (χ3n) is 4.43. The number of rotatable bonds is 4. The van der Waals surface area contributed by atoms with Crippen LogP contribution in [-0.4, -0.2) is 42.4 Å². The van der Waals surface area contributed by atoms with Crippen LogP contribution in [0.3, 0.4) is 0 Å². The second kappa shape index (κ2) is 8.72. The number of amides is 1. The monoisotopic (exact) mass is 354 g/mol. The number of hydrogen-bond acceptors (Lipinski definition) is 2. The quantitative estimate of drug-likeness (QED) is 0.458. The summed E-state index contributed by atoms with van der Waals surface area (Å²) < 4.78 is 0. The van der Waals surface area contributed by atoms with Gasteiger partial charge in [0.1, 0.15) is 0 Å². The maximum absolute atomic E-state index is 12.7. The van der Waals surface area contributed by atoms with Gasteiger partial charge in [-0.2, -0.15) is 0 Å². The van der Waals surface area contributed by atoms with Crippen LogP contribution < -0.4 is 4.90 Å². The molecule has 1 aliphatic carbocycles. The Kier molecular flexibility index (Phi) is 6.94. The van der Waals surface area contributed by atoms with Crippen molar-refractivity contribution in [2.75, 3.05) is 19.0 Å². The van der Waals surface area contributed by atoms with Gasteiger partial charge >= 0.3 is 0 Å². The minimum absolute atomic E-state index is 0.0801. The first-order chi connectivity index (χ1) is 11.0. The number of likely N-dealkylation sites (N-methyl/N-ethyl adjacent to an activating group) is 1. The zero-order valence-corrected chi connectivity index (χ0v) is 15.2. The molecule has 0 N–H and O–H groups in total. The maximum Gasteiger partial charge on any atom is 0.252 e. The lowest BCUT2D eigenvalue weighted by molar-refractivity contribution is -0.115. The molecule has 3 nitrogen and oxygen atoms in total. The summed E-state index contributed by atoms with van der Waals surface area (Å²) in [6, 6.07) is 10.1. The molecule has 3 atom stereocenters. The van der Waals surface area contributed by atoms with Gasteiger partial charge in [-0.3, -0.25) is 4.79 Å². The minimum Gasteiger partial charge on any atom is -0.304 e. The Labute approximate surface area is 148 Å². The van der Waals surface area contributed by atoms with E-state index in [4.69, 9.17) is 23.2 Å². The topological polar surface area (TPSA) is 23.6 Å². The number of hydrogen-bond donors (Lipinski definition) is 0. The first kappa shape index (κ1) is 18.3. The van der Waals surface area contributed by atoms with Crippen LogP contribution in [0, 0.1) is 0 Å². The SMILES string of the molecule is CN(C)[C@@H]1CC(Cl)CCC[C@H]1N(C(=O)C=CCl)c1ccccc1. The van der Waals surface area contributed by atoms with Crippen molar-refractivity contribution in [3.05, 3.63) is 41.9 Å². The molecule has 1 amide bonds. The van der Waals surface area contributed by atoms with Gasteiger partial charge in [0.15, 0.2) is 0 Å². The molecule has 0 spiro atoms. The van der Waals surface area contributed by atoms with E-state index in [1.54, 1.807) is 0 Å². The lowest BCUT2D eigenvalue weighted by Crippen LogP contribution is -2.52. The average Bonchev–Trinajstić information content (AvgIpc) is 2.71. The molecular formula is C18H24Cl2N2O. The zero-order valence-electron chi connectivity index (χ0n) is 13.7. The van der Waals surface area contributed by atoms with Crippen LogP contribution in [0.15, 0.2) is 41.9 Å². The molecule has 0 aliphatic heterocycles. The third kappa shape index (κ3) is 4.72. The predicted molar refractivity (Wildman–Crippen MR) is 98.3 cm³/mol. The second-order valence-corrected chi connectivity index (χ2v) is 7.07. The second-order valence-electron chi connectivity index (χ2n) is 6.20. The van der Waals surface area contributed by atoms with Crippen LogP contribution >= 0.6 is 23.2 Å². The van der Waals surface area contributed by atoms with Gasteiger partial charge < -0.3 is 9.80 Å². The molecular weight excluding hydrogens is 331 g/mol. The van der Waals surface area contributed by atoms with Gasteiger partial charge in [-0.25, -0.2) is 0 Å². The number of para-hydroxylation sites is 1. The normalized spacial score (nSPS) is 25.5. The van der Waals surface area contributed by atoms with E-state index < -0.39 is 0 Å². The Bertz CT molecular complexity index is 533. The molecule has 126 valence electrons. The molecule has 1 saturated carbocycles. The largest absolute Gasteiger partial charge is 0.304 e. The van der Waals surface area contributed by atoms with Crippen LogP contribution in [0.4, 0.5) is 5.69 Å². The van der Waals surface area contributed by atoms with Crippen molar-refractivity contribution >= 4 is 34.8 Å². The number of carbonyl (C=O) groups is 1. The number of alkyl halides is 1. The van der Waals surface area contributed by atoms with Crippen molar-refractivity contribution in [1.29, 1.82) is 0 Å². The molecule has 1 aliphatic rings. The van der Waals surface area contributed by atoms with Crippen molar-refractivity contribution < 1.29 is 4.79 Å². The van der Waals surface area contributed by atoms with E-state index in [9.17, 15) is 4.79 Å². The fourth-order valence-electron chi connectivity index (χ4n) is 3.34. The predicted octanol–water partition coefficient (Wildman–Crippen LogP) is 4.25. The molecule has 1 aromatic carbocycles. The zero-order chi connectivity index (χ0) is 16.8. The van der Waals surface area contributed by atoms with Crippen molar-refractivity contribution in [3.8, 4) is 0 Å². The molecule has 1 fully saturated rings. The van der Waals surface area contributed by atoms with Gasteiger partial charge in [-0.05, 0) is 51.9 Å². The Hall–Kier alpha value is -1.03. The van der Waals surface area contributed by atoms with Gasteiger partial charge in [-0.1, -0.05) is 29.8 Å². The van der Waals surface area contributed by atoms with E-state index in [2.05, 4.69) is 19.0 Å². The van der Waals surface area contributed by atoms with E-state index in [0.29, 0.717) is 0 Å². The van der Waals surface area contributed by atoms with E-state index in [-0.39, 0.29) is 23.4 Å². The molecule has 0 saturated heterocycles. The summed E-state index contributed by atoms with van der Waals surface area (Å²) in [4.78, 5) is 16.8. The summed E-state index contributed by atoms with van der Waals surface area (Å²) in [5.41, 5.74) is 2.18. The van der Waals surface area contributed by atoms with Crippen molar-refractivity contribution in [1.82, 2.24) is 4.90 Å². The first-order valence-corrected chi connectivity index (χ1v) is 8.87. The summed E-state index contributed by atoms with van der Waals surface area (Å²) >= 11 is 12.1. The molecule has 1 unspecified atom stereocenters. The summed E-state index contributed by atoms with van der Waals surface area (Å²) in [6.07, 6.45) is 5.24. The van der Waals surface area contributed by atoms with Crippen LogP contribution in [0.1, 0.15) is 25.7 Å². The minimum atomic E-state index is -0.0870. The average molecular weight is 355 g/mol. The van der Waals surface area contributed by atoms with Crippen molar-refractivity contribution in [2.24, 2.45) is 0 Å². The van der Waals surface area contributed by atoms with Crippen LogP contribution in [0.25, 0.3) is 0 Å². The Morgan fingerprint density at radius 2 is 1.87 bits per heavy atom. The van der Waals surface area contributed by atoms with Crippen molar-refractivity contribution in [3.63, 3.8) is 0 Å². The highest BCUT2D eigenvalue weighted by Crippen LogP contribution is 2.31. The Morgan fingerprint density at radius 3 is 2.48 bits per heavy atom. The van der Waals surface area contributed by atoms with Gasteiger partial charge in [0, 0.05) is 28.7 Å². The number of benzene rings is 1. The molecule has 2 rings (SSSR count). The lowest BCUT2D eigenvalue weighted by Gasteiger charge is -2.39. The highest BCUT2D eigenvalue weighted by Gasteiger charge is 2.35. The molecule has 0 radical (unpaired) electrons. The van der Waals surface area contributed by atoms with Gasteiger partial charge in [0.2, 0.25) is 0 Å². The van der Waals surface area contributed by atoms with E-state index >= 15 is 0 Å². The fraction of sp³-hybridized carbons (Fsp3) is 0.500. The van der Waals surface area contributed by atoms with E-state index in [1.807, 2.05) is 35.2 Å². The van der Waals surface area contributed by atoms with Gasteiger partial charge in [0.05, 0.1) is 6.04 Å². The summed E-state index contributed by atoms with van der Waals surface area (Å²) in [6.45, 7) is 0. The number of carbonyl (C=O) groups excluding carboxylic acids is 1. The van der Waals surface area contributed by atoms with Crippen LogP contribution in [0.5, 0.6) is 0 Å². The van der Waals surface area contributed by atoms with E-state index in [0.717, 1.165) is 31.4 Å². The van der Waals surface area contributed by atoms with Crippen LogP contribution in [0.2, 0.25) is 0 Å². The number of anilines is 1. The third-order valence-corrected chi connectivity index (χ3v) is 4.95. The first-order valence-electron chi connectivity index (χ1n) is 8.00. The number of nitrogens with zero attached hydrogens (tertiary/aromatic N) is 2. The summed E-state index contributed by atoms with van der Waals surface area (Å²) in [5, 5.41) is 0.156. The Morgan fingerprint density at radius 1 is 1.17 bits per heavy atom. The molecule has 0 heterocycles. The lowest BCUT2D eigenvalue weighted by atomic mass is 9.99. The molecule has 1 aromatic rings. The highest BCUT2D eigenvalue weighted by atomic mass is 35.5. The van der Waals surface area contributed by atoms with Crippen LogP contribution in [-0.2, 0) is 4.79 Å². The Balaban J connectivity index is 2.41.